The van der Waals surface area contributed by atoms with Gasteiger partial charge in [0.15, 0.2) is 0 Å². The topological polar surface area (TPSA) is 17.8 Å². The zero-order valence-corrected chi connectivity index (χ0v) is 10.5. The molecule has 1 aromatic carbocycles. The summed E-state index contributed by atoms with van der Waals surface area (Å²) in [7, 11) is 1.89. The Kier molecular flexibility index (Phi) is 2.78. The molecule has 2 nitrogen and oxygen atoms in total. The minimum atomic E-state index is 0.689. The van der Waals surface area contributed by atoms with Crippen molar-refractivity contribution in [3.63, 3.8) is 0 Å². The van der Waals surface area contributed by atoms with Gasteiger partial charge in [0.05, 0.1) is 16.9 Å². The number of hydrogen-bond acceptors (Lipinski definition) is 1. The third-order valence-electron chi connectivity index (χ3n) is 2.01. The Bertz CT molecular complexity index is 428. The van der Waals surface area contributed by atoms with Crippen LogP contribution in [0.3, 0.4) is 0 Å². The molecule has 0 radical (unpaired) electrons. The van der Waals surface area contributed by atoms with Gasteiger partial charge < -0.3 is 0 Å². The fraction of sp³-hybridized carbons (Fsp3) is 0.100. The zero-order valence-electron chi connectivity index (χ0n) is 7.54. The highest BCUT2D eigenvalue weighted by atomic mass is 127. The smallest absolute Gasteiger partial charge is 0.0865 e. The summed E-state index contributed by atoms with van der Waals surface area (Å²) in [6.45, 7) is 0. The van der Waals surface area contributed by atoms with Gasteiger partial charge in [-0.3, -0.25) is 4.68 Å². The predicted octanol–water partition coefficient (Wildman–Crippen LogP) is 3.35. The van der Waals surface area contributed by atoms with Crippen molar-refractivity contribution in [2.24, 2.45) is 7.05 Å². The molecule has 0 atom stereocenters. The van der Waals surface area contributed by atoms with Gasteiger partial charge in [0.25, 0.3) is 0 Å². The summed E-state index contributed by atoms with van der Waals surface area (Å²) < 4.78 is 2.99. The lowest BCUT2D eigenvalue weighted by atomic mass is 10.1. The Balaban J connectivity index is 2.54. The van der Waals surface area contributed by atoms with Crippen LogP contribution >= 0.6 is 34.2 Å². The third kappa shape index (κ3) is 1.79. The molecule has 1 aromatic heterocycles. The number of benzene rings is 1. The Morgan fingerprint density at radius 2 is 1.93 bits per heavy atom. The van der Waals surface area contributed by atoms with Gasteiger partial charge in [0.2, 0.25) is 0 Å². The molecule has 0 aliphatic heterocycles. The standard InChI is InChI=1S/C10H8ClIN2/c1-14-10(9(11)6-13-14)7-2-4-8(12)5-3-7/h2-6H,1H3. The summed E-state index contributed by atoms with van der Waals surface area (Å²) in [4.78, 5) is 0. The van der Waals surface area contributed by atoms with Crippen LogP contribution in [0.5, 0.6) is 0 Å². The maximum Gasteiger partial charge on any atom is 0.0865 e. The molecule has 0 fully saturated rings. The van der Waals surface area contributed by atoms with Crippen molar-refractivity contribution in [1.82, 2.24) is 9.78 Å². The van der Waals surface area contributed by atoms with E-state index in [0.717, 1.165) is 11.3 Å². The van der Waals surface area contributed by atoms with Gasteiger partial charge in [-0.2, -0.15) is 5.10 Å². The van der Waals surface area contributed by atoms with Crippen molar-refractivity contribution in [2.45, 2.75) is 0 Å². The predicted molar refractivity (Wildman–Crippen MR) is 66.4 cm³/mol. The van der Waals surface area contributed by atoms with E-state index in [1.54, 1.807) is 10.9 Å². The lowest BCUT2D eigenvalue weighted by Gasteiger charge is -2.02. The summed E-state index contributed by atoms with van der Waals surface area (Å²) in [5.41, 5.74) is 2.05. The van der Waals surface area contributed by atoms with E-state index in [1.807, 2.05) is 19.2 Å². The van der Waals surface area contributed by atoms with Crippen LogP contribution in [-0.4, -0.2) is 9.78 Å². The first-order valence-electron chi connectivity index (χ1n) is 4.12. The lowest BCUT2D eigenvalue weighted by Crippen LogP contribution is -1.93. The van der Waals surface area contributed by atoms with Gasteiger partial charge in [-0.05, 0) is 34.7 Å². The van der Waals surface area contributed by atoms with Gasteiger partial charge in [-0.15, -0.1) is 0 Å². The van der Waals surface area contributed by atoms with Crippen molar-refractivity contribution in [2.75, 3.05) is 0 Å². The fourth-order valence-corrected chi connectivity index (χ4v) is 1.98. The molecule has 0 unspecified atom stereocenters. The van der Waals surface area contributed by atoms with E-state index in [1.165, 1.54) is 3.57 Å². The second kappa shape index (κ2) is 3.90. The first-order valence-corrected chi connectivity index (χ1v) is 5.57. The Morgan fingerprint density at radius 3 is 2.43 bits per heavy atom. The van der Waals surface area contributed by atoms with Crippen molar-refractivity contribution >= 4 is 34.2 Å². The molecule has 72 valence electrons. The largest absolute Gasteiger partial charge is 0.266 e. The molecule has 4 heteroatoms. The average molecular weight is 319 g/mol. The summed E-state index contributed by atoms with van der Waals surface area (Å²) in [5.74, 6) is 0. The summed E-state index contributed by atoms with van der Waals surface area (Å²) in [6, 6.07) is 8.20. The zero-order chi connectivity index (χ0) is 10.1. The Morgan fingerprint density at radius 1 is 1.29 bits per heavy atom. The van der Waals surface area contributed by atoms with E-state index < -0.39 is 0 Å². The van der Waals surface area contributed by atoms with Crippen LogP contribution in [-0.2, 0) is 7.05 Å². The molecule has 0 aliphatic rings. The van der Waals surface area contributed by atoms with Crippen molar-refractivity contribution in [3.05, 3.63) is 39.1 Å². The summed E-state index contributed by atoms with van der Waals surface area (Å²) in [6.07, 6.45) is 1.66. The van der Waals surface area contributed by atoms with E-state index in [0.29, 0.717) is 5.02 Å². The highest BCUT2D eigenvalue weighted by molar-refractivity contribution is 14.1. The molecule has 2 aromatic rings. The van der Waals surface area contributed by atoms with Gasteiger partial charge in [0, 0.05) is 16.2 Å². The van der Waals surface area contributed by atoms with Crippen LogP contribution < -0.4 is 0 Å². The van der Waals surface area contributed by atoms with E-state index in [2.05, 4.69) is 39.8 Å². The van der Waals surface area contributed by atoms with Gasteiger partial charge in [-0.1, -0.05) is 23.7 Å². The normalized spacial score (nSPS) is 10.5. The van der Waals surface area contributed by atoms with Crippen molar-refractivity contribution < 1.29 is 0 Å². The molecule has 0 spiro atoms. The third-order valence-corrected chi connectivity index (χ3v) is 3.01. The summed E-state index contributed by atoms with van der Waals surface area (Å²) in [5, 5.41) is 4.79. The number of rotatable bonds is 1. The maximum atomic E-state index is 6.03. The highest BCUT2D eigenvalue weighted by Crippen LogP contribution is 2.27. The van der Waals surface area contributed by atoms with Gasteiger partial charge in [0.1, 0.15) is 0 Å². The fourth-order valence-electron chi connectivity index (χ4n) is 1.34. The molecular formula is C10H8ClIN2. The van der Waals surface area contributed by atoms with Crippen LogP contribution in [0.2, 0.25) is 5.02 Å². The SMILES string of the molecule is Cn1ncc(Cl)c1-c1ccc(I)cc1. The van der Waals surface area contributed by atoms with Crippen LogP contribution in [0, 0.1) is 3.57 Å². The van der Waals surface area contributed by atoms with Crippen LogP contribution in [0.25, 0.3) is 11.3 Å². The number of aromatic nitrogens is 2. The minimum Gasteiger partial charge on any atom is -0.266 e. The molecule has 0 bridgehead atoms. The molecule has 0 saturated heterocycles. The van der Waals surface area contributed by atoms with Crippen molar-refractivity contribution in [1.29, 1.82) is 0 Å². The molecule has 14 heavy (non-hydrogen) atoms. The first kappa shape index (κ1) is 9.98. The van der Waals surface area contributed by atoms with Gasteiger partial charge in [-0.25, -0.2) is 0 Å². The van der Waals surface area contributed by atoms with Crippen molar-refractivity contribution in [3.8, 4) is 11.3 Å². The van der Waals surface area contributed by atoms with E-state index in [9.17, 15) is 0 Å². The van der Waals surface area contributed by atoms with Crippen LogP contribution in [0.1, 0.15) is 0 Å². The molecule has 1 heterocycles. The second-order valence-corrected chi connectivity index (χ2v) is 4.62. The van der Waals surface area contributed by atoms with E-state index >= 15 is 0 Å². The van der Waals surface area contributed by atoms with E-state index in [4.69, 9.17) is 11.6 Å². The maximum absolute atomic E-state index is 6.03. The first-order chi connectivity index (χ1) is 6.68. The number of nitrogens with zero attached hydrogens (tertiary/aromatic N) is 2. The quantitative estimate of drug-likeness (QED) is 0.737. The average Bonchev–Trinajstić information content (AvgIpc) is 2.49. The highest BCUT2D eigenvalue weighted by Gasteiger charge is 2.07. The molecule has 0 aliphatic carbocycles. The van der Waals surface area contributed by atoms with Crippen LogP contribution in [0.15, 0.2) is 30.5 Å². The molecule has 0 saturated carbocycles. The number of aryl methyl sites for hydroxylation is 1. The molecular weight excluding hydrogens is 310 g/mol. The molecule has 0 amide bonds. The molecule has 0 N–H and O–H groups in total. The minimum absolute atomic E-state index is 0.689. The Hall–Kier alpha value is -0.550. The van der Waals surface area contributed by atoms with E-state index in [-0.39, 0.29) is 0 Å². The Labute approximate surface area is 101 Å². The second-order valence-electron chi connectivity index (χ2n) is 2.97. The number of hydrogen-bond donors (Lipinski definition) is 0. The molecule has 2 rings (SSSR count). The number of halogens is 2. The summed E-state index contributed by atoms with van der Waals surface area (Å²) >= 11 is 8.31. The lowest BCUT2D eigenvalue weighted by molar-refractivity contribution is 0.776. The van der Waals surface area contributed by atoms with Crippen LogP contribution in [0.4, 0.5) is 0 Å². The monoisotopic (exact) mass is 318 g/mol. The van der Waals surface area contributed by atoms with Gasteiger partial charge >= 0.3 is 0 Å².